The summed E-state index contributed by atoms with van der Waals surface area (Å²) in [6.07, 6.45) is 8.11. The molecule has 4 aromatic rings. The summed E-state index contributed by atoms with van der Waals surface area (Å²) in [6, 6.07) is 5.93. The fourth-order valence-electron chi connectivity index (χ4n) is 4.50. The molecule has 178 valence electrons. The average molecular weight is 480 g/mol. The number of aromatic amines is 1. The van der Waals surface area contributed by atoms with E-state index in [-0.39, 0.29) is 18.1 Å². The lowest BCUT2D eigenvalue weighted by atomic mass is 10.1. The van der Waals surface area contributed by atoms with E-state index in [4.69, 9.17) is 9.72 Å². The molecule has 1 aliphatic rings. The molecule has 2 N–H and O–H groups in total. The quantitative estimate of drug-likeness (QED) is 0.416. The number of ether oxygens (including phenoxy) is 1. The van der Waals surface area contributed by atoms with Gasteiger partial charge < -0.3 is 15.0 Å². The summed E-state index contributed by atoms with van der Waals surface area (Å²) in [4.78, 5) is 27.1. The highest BCUT2D eigenvalue weighted by molar-refractivity contribution is 7.15. The molecular formula is C24H29N7O2S. The maximum Gasteiger partial charge on any atom is 0.253 e. The number of imidazole rings is 1. The van der Waals surface area contributed by atoms with Crippen LogP contribution in [0.4, 0.5) is 5.69 Å². The first kappa shape index (κ1) is 22.5. The van der Waals surface area contributed by atoms with Gasteiger partial charge in [-0.2, -0.15) is 5.10 Å². The van der Waals surface area contributed by atoms with E-state index in [1.807, 2.05) is 29.8 Å². The van der Waals surface area contributed by atoms with Crippen LogP contribution in [0.3, 0.4) is 0 Å². The summed E-state index contributed by atoms with van der Waals surface area (Å²) >= 11 is 1.72. The highest BCUT2D eigenvalue weighted by Gasteiger charge is 2.25. The number of aromatic nitrogens is 5. The molecule has 0 unspecified atom stereocenters. The number of nitrogens with zero attached hydrogens (tertiary/aromatic N) is 5. The number of amides is 1. The third kappa shape index (κ3) is 4.30. The van der Waals surface area contributed by atoms with E-state index >= 15 is 0 Å². The number of methoxy groups -OCH3 is 1. The van der Waals surface area contributed by atoms with Crippen LogP contribution in [-0.4, -0.2) is 56.8 Å². The molecule has 1 amide bonds. The maximum atomic E-state index is 13.4. The van der Waals surface area contributed by atoms with Gasteiger partial charge in [-0.25, -0.2) is 9.97 Å². The molecular weight excluding hydrogens is 450 g/mol. The van der Waals surface area contributed by atoms with Gasteiger partial charge in [-0.05, 0) is 44.4 Å². The topological polar surface area (TPSA) is 100 Å². The first-order chi connectivity index (χ1) is 16.6. The van der Waals surface area contributed by atoms with Crippen molar-refractivity contribution in [3.8, 4) is 10.6 Å². The smallest absolute Gasteiger partial charge is 0.253 e. The number of carbonyl (C=O) groups excluding carboxylic acids is 1. The molecule has 0 saturated carbocycles. The minimum atomic E-state index is -0.242. The third-order valence-corrected chi connectivity index (χ3v) is 7.46. The van der Waals surface area contributed by atoms with E-state index in [1.165, 1.54) is 11.2 Å². The maximum absolute atomic E-state index is 13.4. The Morgan fingerprint density at radius 3 is 2.79 bits per heavy atom. The number of hydrogen-bond donors (Lipinski definition) is 2. The van der Waals surface area contributed by atoms with Crippen LogP contribution in [0.15, 0.2) is 36.9 Å². The predicted octanol–water partition coefficient (Wildman–Crippen LogP) is 3.99. The van der Waals surface area contributed by atoms with Crippen molar-refractivity contribution in [1.82, 2.24) is 29.9 Å². The lowest BCUT2D eigenvalue weighted by Crippen LogP contribution is -2.37. The molecule has 5 heterocycles. The van der Waals surface area contributed by atoms with Gasteiger partial charge in [0.1, 0.15) is 12.2 Å². The second-order valence-corrected chi connectivity index (χ2v) is 9.88. The average Bonchev–Trinajstić information content (AvgIpc) is 3.62. The Morgan fingerprint density at radius 1 is 1.32 bits per heavy atom. The number of nitrogens with one attached hydrogen (secondary N) is 2. The molecule has 4 aromatic heterocycles. The summed E-state index contributed by atoms with van der Waals surface area (Å²) in [6.45, 7) is 5.82. The minimum Gasteiger partial charge on any atom is -0.381 e. The highest BCUT2D eigenvalue weighted by atomic mass is 32.1. The molecule has 0 radical (unpaired) electrons. The van der Waals surface area contributed by atoms with E-state index in [0.29, 0.717) is 17.8 Å². The Hall–Kier alpha value is -3.24. The standard InChI is InChI=1S/C24H29N7O2S/c1-4-18(22-26-14-27-29-22)28-24(32)16-11-19(30-9-7-17(33-3)8-10-30)23-25-12-20(31(23)13-16)21-6-5-15(2)34-21/h5-6,11-14,17-18H,4,7-10H2,1-3H3,(H,28,32)(H,26,27,29)/t18-/m0/s1. The van der Waals surface area contributed by atoms with E-state index < -0.39 is 0 Å². The monoisotopic (exact) mass is 479 g/mol. The molecule has 0 bridgehead atoms. The second kappa shape index (κ2) is 9.55. The van der Waals surface area contributed by atoms with Crippen molar-refractivity contribution >= 4 is 28.6 Å². The number of aryl methyl sites for hydroxylation is 1. The van der Waals surface area contributed by atoms with Gasteiger partial charge in [-0.1, -0.05) is 6.92 Å². The molecule has 1 atom stereocenters. The first-order valence-electron chi connectivity index (χ1n) is 11.6. The zero-order valence-corrected chi connectivity index (χ0v) is 20.4. The molecule has 1 fully saturated rings. The SMILES string of the molecule is CC[C@H](NC(=O)c1cc(N2CCC(OC)CC2)c2ncc(-c3ccc(C)s3)n2c1)c1ncn[nH]1. The van der Waals surface area contributed by atoms with Gasteiger partial charge in [0, 0.05) is 31.3 Å². The van der Waals surface area contributed by atoms with Crippen molar-refractivity contribution in [3.63, 3.8) is 0 Å². The van der Waals surface area contributed by atoms with Crippen LogP contribution in [0.1, 0.15) is 53.3 Å². The van der Waals surface area contributed by atoms with Crippen LogP contribution in [0.5, 0.6) is 0 Å². The largest absolute Gasteiger partial charge is 0.381 e. The Kier molecular flexibility index (Phi) is 6.34. The van der Waals surface area contributed by atoms with E-state index in [2.05, 4.69) is 44.5 Å². The predicted molar refractivity (Wildman–Crippen MR) is 132 cm³/mol. The molecule has 34 heavy (non-hydrogen) atoms. The first-order valence-corrected chi connectivity index (χ1v) is 12.4. The molecule has 1 aliphatic heterocycles. The van der Waals surface area contributed by atoms with E-state index in [9.17, 15) is 4.79 Å². The fourth-order valence-corrected chi connectivity index (χ4v) is 5.38. The van der Waals surface area contributed by atoms with Crippen molar-refractivity contribution in [2.45, 2.75) is 45.3 Å². The molecule has 0 spiro atoms. The summed E-state index contributed by atoms with van der Waals surface area (Å²) in [5, 5.41) is 9.90. The zero-order valence-electron chi connectivity index (χ0n) is 19.6. The van der Waals surface area contributed by atoms with Crippen molar-refractivity contribution in [1.29, 1.82) is 0 Å². The lowest BCUT2D eigenvalue weighted by molar-refractivity contribution is 0.0819. The molecule has 0 aromatic carbocycles. The number of piperidine rings is 1. The Bertz CT molecular complexity index is 1270. The summed E-state index contributed by atoms with van der Waals surface area (Å²) in [7, 11) is 1.77. The molecule has 5 rings (SSSR count). The van der Waals surface area contributed by atoms with Gasteiger partial charge in [-0.3, -0.25) is 14.3 Å². The van der Waals surface area contributed by atoms with E-state index in [1.54, 1.807) is 18.4 Å². The van der Waals surface area contributed by atoms with Gasteiger partial charge in [0.05, 0.1) is 40.2 Å². The highest BCUT2D eigenvalue weighted by Crippen LogP contribution is 2.33. The fraction of sp³-hybridized carbons (Fsp3) is 0.417. The number of H-pyrrole nitrogens is 1. The van der Waals surface area contributed by atoms with Gasteiger partial charge in [-0.15, -0.1) is 11.3 Å². The van der Waals surface area contributed by atoms with Gasteiger partial charge in [0.15, 0.2) is 5.65 Å². The Morgan fingerprint density at radius 2 is 2.15 bits per heavy atom. The van der Waals surface area contributed by atoms with Crippen LogP contribution in [0, 0.1) is 6.92 Å². The summed E-state index contributed by atoms with van der Waals surface area (Å²) in [5.74, 6) is 0.497. The Labute approximate surface area is 202 Å². The van der Waals surface area contributed by atoms with Crippen molar-refractivity contribution in [2.24, 2.45) is 0 Å². The Balaban J connectivity index is 1.55. The minimum absolute atomic E-state index is 0.153. The van der Waals surface area contributed by atoms with Crippen LogP contribution >= 0.6 is 11.3 Å². The lowest BCUT2D eigenvalue weighted by Gasteiger charge is -2.33. The number of thiophene rings is 1. The third-order valence-electron chi connectivity index (χ3n) is 6.43. The number of carbonyl (C=O) groups is 1. The number of anilines is 1. The molecule has 10 heteroatoms. The molecule has 9 nitrogen and oxygen atoms in total. The van der Waals surface area contributed by atoms with Crippen molar-refractivity contribution in [3.05, 3.63) is 53.2 Å². The van der Waals surface area contributed by atoms with E-state index in [0.717, 1.165) is 47.8 Å². The van der Waals surface area contributed by atoms with Crippen molar-refractivity contribution in [2.75, 3.05) is 25.1 Å². The molecule has 1 saturated heterocycles. The number of pyridine rings is 1. The van der Waals surface area contributed by atoms with Gasteiger partial charge in [0.2, 0.25) is 0 Å². The van der Waals surface area contributed by atoms with Crippen LogP contribution in [0.2, 0.25) is 0 Å². The number of fused-ring (bicyclic) bond motifs is 1. The summed E-state index contributed by atoms with van der Waals surface area (Å²) in [5.41, 5.74) is 3.39. The van der Waals surface area contributed by atoms with Gasteiger partial charge >= 0.3 is 0 Å². The summed E-state index contributed by atoms with van der Waals surface area (Å²) < 4.78 is 7.61. The molecule has 0 aliphatic carbocycles. The number of hydrogen-bond acceptors (Lipinski definition) is 7. The van der Waals surface area contributed by atoms with Crippen LogP contribution < -0.4 is 10.2 Å². The van der Waals surface area contributed by atoms with Crippen LogP contribution in [-0.2, 0) is 4.74 Å². The number of rotatable bonds is 7. The van der Waals surface area contributed by atoms with Crippen molar-refractivity contribution < 1.29 is 9.53 Å². The zero-order chi connectivity index (χ0) is 23.7. The normalized spacial score (nSPS) is 15.7. The second-order valence-electron chi connectivity index (χ2n) is 8.59. The van der Waals surface area contributed by atoms with Crippen LogP contribution in [0.25, 0.3) is 16.2 Å². The van der Waals surface area contributed by atoms with Gasteiger partial charge in [0.25, 0.3) is 5.91 Å².